The van der Waals surface area contributed by atoms with Crippen LogP contribution in [-0.2, 0) is 6.54 Å². The molecular weight excluding hydrogens is 288 g/mol. The van der Waals surface area contributed by atoms with Crippen molar-refractivity contribution in [2.24, 2.45) is 0 Å². The van der Waals surface area contributed by atoms with Crippen molar-refractivity contribution in [3.63, 3.8) is 0 Å². The molecule has 2 rings (SSSR count). The SMILES string of the molecule is CCCCCNc1nc(C)cc(NCc2ccc(OC)cc2)n1. The van der Waals surface area contributed by atoms with E-state index in [1.165, 1.54) is 18.4 Å². The van der Waals surface area contributed by atoms with Gasteiger partial charge in [0.2, 0.25) is 5.95 Å². The maximum absolute atomic E-state index is 5.17. The molecule has 0 amide bonds. The standard InChI is InChI=1S/C18H26N4O/c1-4-5-6-11-19-18-21-14(2)12-17(22-18)20-13-15-7-9-16(23-3)10-8-15/h7-10,12H,4-6,11,13H2,1-3H3,(H2,19,20,21,22). The third-order valence-electron chi connectivity index (χ3n) is 3.55. The van der Waals surface area contributed by atoms with Crippen LogP contribution >= 0.6 is 0 Å². The Kier molecular flexibility index (Phi) is 6.66. The Morgan fingerprint density at radius 1 is 1.04 bits per heavy atom. The Balaban J connectivity index is 1.92. The third kappa shape index (κ3) is 5.77. The molecule has 0 unspecified atom stereocenters. The van der Waals surface area contributed by atoms with E-state index in [-0.39, 0.29) is 0 Å². The zero-order valence-electron chi connectivity index (χ0n) is 14.2. The molecule has 2 N–H and O–H groups in total. The summed E-state index contributed by atoms with van der Waals surface area (Å²) in [6.45, 7) is 5.81. The molecule has 23 heavy (non-hydrogen) atoms. The van der Waals surface area contributed by atoms with E-state index in [1.54, 1.807) is 7.11 Å². The van der Waals surface area contributed by atoms with Gasteiger partial charge in [-0.2, -0.15) is 4.98 Å². The van der Waals surface area contributed by atoms with Gasteiger partial charge in [0, 0.05) is 24.8 Å². The van der Waals surface area contributed by atoms with Crippen LogP contribution in [-0.4, -0.2) is 23.6 Å². The lowest BCUT2D eigenvalue weighted by molar-refractivity contribution is 0.414. The van der Waals surface area contributed by atoms with Crippen LogP contribution in [0.4, 0.5) is 11.8 Å². The lowest BCUT2D eigenvalue weighted by atomic mass is 10.2. The number of benzene rings is 1. The van der Waals surface area contributed by atoms with Crippen molar-refractivity contribution in [2.75, 3.05) is 24.3 Å². The van der Waals surface area contributed by atoms with Crippen molar-refractivity contribution >= 4 is 11.8 Å². The maximum atomic E-state index is 5.17. The van der Waals surface area contributed by atoms with Crippen LogP contribution in [0.5, 0.6) is 5.75 Å². The molecule has 1 aromatic heterocycles. The number of methoxy groups -OCH3 is 1. The Hall–Kier alpha value is -2.30. The molecule has 0 saturated carbocycles. The molecular formula is C18H26N4O. The highest BCUT2D eigenvalue weighted by atomic mass is 16.5. The molecule has 124 valence electrons. The Labute approximate surface area is 138 Å². The lowest BCUT2D eigenvalue weighted by Gasteiger charge is -2.10. The molecule has 0 aliphatic carbocycles. The highest BCUT2D eigenvalue weighted by Crippen LogP contribution is 2.14. The first-order chi connectivity index (χ1) is 11.2. The summed E-state index contributed by atoms with van der Waals surface area (Å²) in [5.74, 6) is 2.40. The van der Waals surface area contributed by atoms with E-state index in [0.29, 0.717) is 5.95 Å². The van der Waals surface area contributed by atoms with Crippen molar-refractivity contribution in [3.8, 4) is 5.75 Å². The van der Waals surface area contributed by atoms with Crippen molar-refractivity contribution in [1.29, 1.82) is 0 Å². The Bertz CT molecular complexity index is 598. The summed E-state index contributed by atoms with van der Waals surface area (Å²) in [6.07, 6.45) is 3.58. The summed E-state index contributed by atoms with van der Waals surface area (Å²) in [5.41, 5.74) is 2.13. The van der Waals surface area contributed by atoms with Gasteiger partial charge in [-0.1, -0.05) is 31.9 Å². The summed E-state index contributed by atoms with van der Waals surface area (Å²) in [7, 11) is 1.67. The van der Waals surface area contributed by atoms with E-state index in [4.69, 9.17) is 4.74 Å². The van der Waals surface area contributed by atoms with Gasteiger partial charge in [-0.3, -0.25) is 0 Å². The first kappa shape index (κ1) is 17.1. The zero-order valence-corrected chi connectivity index (χ0v) is 14.2. The summed E-state index contributed by atoms with van der Waals surface area (Å²) >= 11 is 0. The predicted octanol–water partition coefficient (Wildman–Crippen LogP) is 4.01. The van der Waals surface area contributed by atoms with Gasteiger partial charge in [0.1, 0.15) is 11.6 Å². The van der Waals surface area contributed by atoms with Gasteiger partial charge in [0.15, 0.2) is 0 Å². The normalized spacial score (nSPS) is 10.4. The maximum Gasteiger partial charge on any atom is 0.224 e. The number of anilines is 2. The molecule has 0 aliphatic rings. The fourth-order valence-corrected chi connectivity index (χ4v) is 2.25. The smallest absolute Gasteiger partial charge is 0.224 e. The van der Waals surface area contributed by atoms with Gasteiger partial charge in [-0.25, -0.2) is 4.98 Å². The lowest BCUT2D eigenvalue weighted by Crippen LogP contribution is -2.09. The molecule has 5 heteroatoms. The quantitative estimate of drug-likeness (QED) is 0.685. The van der Waals surface area contributed by atoms with Gasteiger partial charge in [-0.05, 0) is 31.0 Å². The number of aromatic nitrogens is 2. The van der Waals surface area contributed by atoms with Gasteiger partial charge < -0.3 is 15.4 Å². The molecule has 0 aliphatic heterocycles. The van der Waals surface area contributed by atoms with E-state index >= 15 is 0 Å². The average molecular weight is 314 g/mol. The third-order valence-corrected chi connectivity index (χ3v) is 3.55. The Morgan fingerprint density at radius 2 is 1.83 bits per heavy atom. The molecule has 0 bridgehead atoms. The van der Waals surface area contributed by atoms with Crippen LogP contribution in [0.15, 0.2) is 30.3 Å². The topological polar surface area (TPSA) is 59.1 Å². The van der Waals surface area contributed by atoms with Gasteiger partial charge in [0.25, 0.3) is 0 Å². The van der Waals surface area contributed by atoms with Gasteiger partial charge in [0.05, 0.1) is 7.11 Å². The minimum Gasteiger partial charge on any atom is -0.497 e. The van der Waals surface area contributed by atoms with Crippen LogP contribution in [0.3, 0.4) is 0 Å². The van der Waals surface area contributed by atoms with Crippen LogP contribution in [0, 0.1) is 6.92 Å². The van der Waals surface area contributed by atoms with Crippen molar-refractivity contribution < 1.29 is 4.74 Å². The number of ether oxygens (including phenoxy) is 1. The second kappa shape index (κ2) is 8.98. The molecule has 1 aromatic carbocycles. The number of unbranched alkanes of at least 4 members (excludes halogenated alkanes) is 2. The highest BCUT2D eigenvalue weighted by molar-refractivity contribution is 5.43. The van der Waals surface area contributed by atoms with Crippen LogP contribution in [0.2, 0.25) is 0 Å². The molecule has 0 saturated heterocycles. The van der Waals surface area contributed by atoms with E-state index in [1.807, 2.05) is 37.3 Å². The van der Waals surface area contributed by atoms with Gasteiger partial charge in [-0.15, -0.1) is 0 Å². The molecule has 5 nitrogen and oxygen atoms in total. The van der Waals surface area contributed by atoms with Gasteiger partial charge >= 0.3 is 0 Å². The largest absolute Gasteiger partial charge is 0.497 e. The Morgan fingerprint density at radius 3 is 2.52 bits per heavy atom. The number of hydrogen-bond acceptors (Lipinski definition) is 5. The van der Waals surface area contributed by atoms with Crippen molar-refractivity contribution in [3.05, 3.63) is 41.6 Å². The molecule has 0 radical (unpaired) electrons. The molecule has 0 fully saturated rings. The molecule has 2 aromatic rings. The average Bonchev–Trinajstić information content (AvgIpc) is 2.57. The molecule has 0 atom stereocenters. The first-order valence-electron chi connectivity index (χ1n) is 8.17. The molecule has 0 spiro atoms. The summed E-state index contributed by atoms with van der Waals surface area (Å²) in [6, 6.07) is 9.97. The van der Waals surface area contributed by atoms with Crippen molar-refractivity contribution in [2.45, 2.75) is 39.7 Å². The van der Waals surface area contributed by atoms with E-state index in [2.05, 4.69) is 27.5 Å². The number of aryl methyl sites for hydroxylation is 1. The van der Waals surface area contributed by atoms with Crippen LogP contribution in [0.25, 0.3) is 0 Å². The minimum atomic E-state index is 0.693. The van der Waals surface area contributed by atoms with Crippen LogP contribution < -0.4 is 15.4 Å². The summed E-state index contributed by atoms with van der Waals surface area (Å²) in [4.78, 5) is 8.95. The van der Waals surface area contributed by atoms with E-state index in [9.17, 15) is 0 Å². The second-order valence-corrected chi connectivity index (χ2v) is 5.55. The molecule has 1 heterocycles. The fourth-order valence-electron chi connectivity index (χ4n) is 2.25. The minimum absolute atomic E-state index is 0.693. The summed E-state index contributed by atoms with van der Waals surface area (Å²) < 4.78 is 5.17. The predicted molar refractivity (Wildman–Crippen MR) is 95.1 cm³/mol. The zero-order chi connectivity index (χ0) is 16.5. The van der Waals surface area contributed by atoms with Crippen molar-refractivity contribution in [1.82, 2.24) is 9.97 Å². The fraction of sp³-hybridized carbons (Fsp3) is 0.444. The number of hydrogen-bond donors (Lipinski definition) is 2. The van der Waals surface area contributed by atoms with E-state index in [0.717, 1.165) is 36.8 Å². The number of nitrogens with one attached hydrogen (secondary N) is 2. The first-order valence-corrected chi connectivity index (χ1v) is 8.17. The number of rotatable bonds is 9. The monoisotopic (exact) mass is 314 g/mol. The second-order valence-electron chi connectivity index (χ2n) is 5.55. The number of nitrogens with zero attached hydrogens (tertiary/aromatic N) is 2. The summed E-state index contributed by atoms with van der Waals surface area (Å²) in [5, 5.41) is 6.64. The van der Waals surface area contributed by atoms with E-state index < -0.39 is 0 Å². The highest BCUT2D eigenvalue weighted by Gasteiger charge is 2.02. The van der Waals surface area contributed by atoms with Crippen LogP contribution in [0.1, 0.15) is 37.4 Å².